The van der Waals surface area contributed by atoms with E-state index >= 15 is 0 Å². The summed E-state index contributed by atoms with van der Waals surface area (Å²) in [5.41, 5.74) is 1.68. The van der Waals surface area contributed by atoms with Crippen molar-refractivity contribution in [1.82, 2.24) is 0 Å². The molecule has 3 atom stereocenters. The average molecular weight is 396 g/mol. The van der Waals surface area contributed by atoms with Crippen molar-refractivity contribution in [3.05, 3.63) is 60.2 Å². The number of hydrogen-bond acceptors (Lipinski definition) is 6. The number of carbonyl (C=O) groups excluding carboxylic acids is 2. The molecule has 0 aromatic heterocycles. The molecule has 1 amide bonds. The monoisotopic (exact) mass is 396 g/mol. The number of ether oxygens (including phenoxy) is 3. The van der Waals surface area contributed by atoms with E-state index in [0.717, 1.165) is 5.56 Å². The topological polar surface area (TPSA) is 77.4 Å². The van der Waals surface area contributed by atoms with Gasteiger partial charge in [-0.05, 0) is 36.8 Å². The van der Waals surface area contributed by atoms with Gasteiger partial charge in [0.15, 0.2) is 6.10 Å². The van der Waals surface area contributed by atoms with E-state index in [0.29, 0.717) is 18.0 Å². The second-order valence-electron chi connectivity index (χ2n) is 6.61. The predicted molar refractivity (Wildman–Crippen MR) is 109 cm³/mol. The fourth-order valence-corrected chi connectivity index (χ4v) is 3.05. The van der Waals surface area contributed by atoms with Crippen molar-refractivity contribution in [2.24, 2.45) is 4.99 Å². The number of β-lactam (4-membered cyclic amide) rings is 1. The number of anilines is 1. The third kappa shape index (κ3) is 4.63. The molecule has 1 fully saturated rings. The van der Waals surface area contributed by atoms with Crippen molar-refractivity contribution in [3.8, 4) is 5.75 Å². The van der Waals surface area contributed by atoms with E-state index in [9.17, 15) is 9.59 Å². The maximum absolute atomic E-state index is 12.8. The summed E-state index contributed by atoms with van der Waals surface area (Å²) in [6, 6.07) is 15.7. The van der Waals surface area contributed by atoms with Gasteiger partial charge in [0.05, 0.1) is 20.8 Å². The Morgan fingerprint density at radius 1 is 1.14 bits per heavy atom. The number of nitrogens with zero attached hydrogens (tertiary/aromatic N) is 2. The highest BCUT2D eigenvalue weighted by Gasteiger charge is 2.48. The first-order valence-electron chi connectivity index (χ1n) is 9.29. The highest BCUT2D eigenvalue weighted by Crippen LogP contribution is 2.31. The first kappa shape index (κ1) is 20.5. The summed E-state index contributed by atoms with van der Waals surface area (Å²) in [5.74, 6) is 0.0982. The van der Waals surface area contributed by atoms with Crippen LogP contribution in [-0.4, -0.2) is 50.5 Å². The molecule has 1 saturated heterocycles. The van der Waals surface area contributed by atoms with Crippen LogP contribution in [0, 0.1) is 0 Å². The third-order valence-corrected chi connectivity index (χ3v) is 4.72. The standard InChI is InChI=1S/C22H24N2O5/c1-15(22(26)28-3)23-13-19-20(29-14-16-7-5-4-6-8-16)21(25)24(19)17-9-11-18(27-2)12-10-17/h4-13,15,19-20H,14H2,1-3H3/t15?,19-,20+/m0/s1. The second-order valence-corrected chi connectivity index (χ2v) is 6.61. The Hall–Kier alpha value is -3.19. The zero-order valence-electron chi connectivity index (χ0n) is 16.6. The number of aliphatic imine (C=N–C) groups is 1. The molecule has 0 saturated carbocycles. The molecule has 1 unspecified atom stereocenters. The van der Waals surface area contributed by atoms with Crippen LogP contribution in [0.15, 0.2) is 59.6 Å². The zero-order valence-corrected chi connectivity index (χ0v) is 16.6. The summed E-state index contributed by atoms with van der Waals surface area (Å²) < 4.78 is 15.8. The lowest BCUT2D eigenvalue weighted by Crippen LogP contribution is -2.67. The minimum atomic E-state index is -0.675. The van der Waals surface area contributed by atoms with Gasteiger partial charge in [-0.3, -0.25) is 14.7 Å². The van der Waals surface area contributed by atoms with Crippen molar-refractivity contribution in [2.45, 2.75) is 31.7 Å². The van der Waals surface area contributed by atoms with Crippen LogP contribution in [0.25, 0.3) is 0 Å². The molecule has 0 aliphatic carbocycles. The van der Waals surface area contributed by atoms with Gasteiger partial charge < -0.3 is 14.2 Å². The normalized spacial score (nSPS) is 19.7. The van der Waals surface area contributed by atoms with Crippen LogP contribution < -0.4 is 9.64 Å². The lowest BCUT2D eigenvalue weighted by molar-refractivity contribution is -0.141. The fourth-order valence-electron chi connectivity index (χ4n) is 3.05. The number of rotatable bonds is 8. The molecule has 0 N–H and O–H groups in total. The van der Waals surface area contributed by atoms with E-state index < -0.39 is 24.2 Å². The Morgan fingerprint density at radius 2 is 1.83 bits per heavy atom. The van der Waals surface area contributed by atoms with Crippen LogP contribution in [-0.2, 0) is 25.7 Å². The zero-order chi connectivity index (χ0) is 20.8. The van der Waals surface area contributed by atoms with Crippen LogP contribution >= 0.6 is 0 Å². The molecular formula is C22H24N2O5. The first-order chi connectivity index (χ1) is 14.0. The minimum absolute atomic E-state index is 0.159. The van der Waals surface area contributed by atoms with Gasteiger partial charge in [-0.25, -0.2) is 4.79 Å². The van der Waals surface area contributed by atoms with Crippen molar-refractivity contribution < 1.29 is 23.8 Å². The van der Waals surface area contributed by atoms with Gasteiger partial charge in [-0.2, -0.15) is 0 Å². The molecular weight excluding hydrogens is 372 g/mol. The lowest BCUT2D eigenvalue weighted by atomic mass is 9.97. The number of hydrogen-bond donors (Lipinski definition) is 0. The van der Waals surface area contributed by atoms with Gasteiger partial charge >= 0.3 is 5.97 Å². The summed E-state index contributed by atoms with van der Waals surface area (Å²) in [5, 5.41) is 0. The van der Waals surface area contributed by atoms with Crippen LogP contribution in [0.3, 0.4) is 0 Å². The molecule has 7 nitrogen and oxygen atoms in total. The molecule has 7 heteroatoms. The largest absolute Gasteiger partial charge is 0.497 e. The Morgan fingerprint density at radius 3 is 2.45 bits per heavy atom. The SMILES string of the molecule is COC(=O)C(C)N=C[C@H]1[C@@H](OCc2ccccc2)C(=O)N1c1ccc(OC)cc1. The molecule has 0 bridgehead atoms. The molecule has 0 radical (unpaired) electrons. The van der Waals surface area contributed by atoms with E-state index in [4.69, 9.17) is 14.2 Å². The summed E-state index contributed by atoms with van der Waals surface area (Å²) in [6.07, 6.45) is 0.911. The number of benzene rings is 2. The Kier molecular flexibility index (Phi) is 6.61. The van der Waals surface area contributed by atoms with E-state index in [1.807, 2.05) is 30.3 Å². The number of esters is 1. The molecule has 152 valence electrons. The van der Waals surface area contributed by atoms with Crippen LogP contribution in [0.1, 0.15) is 12.5 Å². The summed E-state index contributed by atoms with van der Waals surface area (Å²) in [7, 11) is 2.90. The minimum Gasteiger partial charge on any atom is -0.497 e. The lowest BCUT2D eigenvalue weighted by Gasteiger charge is -2.44. The third-order valence-electron chi connectivity index (χ3n) is 4.72. The Balaban J connectivity index is 1.78. The van der Waals surface area contributed by atoms with Crippen molar-refractivity contribution >= 4 is 23.8 Å². The number of amides is 1. The van der Waals surface area contributed by atoms with Crippen molar-refractivity contribution in [1.29, 1.82) is 0 Å². The fraction of sp³-hybridized carbons (Fsp3) is 0.318. The molecule has 3 rings (SSSR count). The van der Waals surface area contributed by atoms with E-state index in [-0.39, 0.29) is 5.91 Å². The molecule has 1 aliphatic rings. The quantitative estimate of drug-likeness (QED) is 0.389. The molecule has 1 aliphatic heterocycles. The van der Waals surface area contributed by atoms with E-state index in [1.165, 1.54) is 7.11 Å². The molecule has 0 spiro atoms. The highest BCUT2D eigenvalue weighted by molar-refractivity contribution is 6.10. The van der Waals surface area contributed by atoms with Gasteiger partial charge in [0.1, 0.15) is 17.8 Å². The van der Waals surface area contributed by atoms with Gasteiger partial charge in [0, 0.05) is 11.9 Å². The van der Waals surface area contributed by atoms with Crippen LogP contribution in [0.5, 0.6) is 5.75 Å². The first-order valence-corrected chi connectivity index (χ1v) is 9.29. The Bertz CT molecular complexity index is 867. The van der Waals surface area contributed by atoms with Crippen molar-refractivity contribution in [2.75, 3.05) is 19.1 Å². The van der Waals surface area contributed by atoms with Gasteiger partial charge in [-0.15, -0.1) is 0 Å². The van der Waals surface area contributed by atoms with Crippen LogP contribution in [0.2, 0.25) is 0 Å². The molecule has 2 aromatic carbocycles. The summed E-state index contributed by atoms with van der Waals surface area (Å²) in [6.45, 7) is 1.95. The molecule has 2 aromatic rings. The average Bonchev–Trinajstić information content (AvgIpc) is 2.76. The van der Waals surface area contributed by atoms with E-state index in [2.05, 4.69) is 4.99 Å². The van der Waals surface area contributed by atoms with Crippen molar-refractivity contribution in [3.63, 3.8) is 0 Å². The maximum atomic E-state index is 12.8. The number of carbonyl (C=O) groups is 2. The smallest absolute Gasteiger partial charge is 0.330 e. The Labute approximate surface area is 169 Å². The molecule has 1 heterocycles. The summed E-state index contributed by atoms with van der Waals surface area (Å²) in [4.78, 5) is 30.3. The van der Waals surface area contributed by atoms with Gasteiger partial charge in [-0.1, -0.05) is 30.3 Å². The van der Waals surface area contributed by atoms with E-state index in [1.54, 1.807) is 49.4 Å². The predicted octanol–water partition coefficient (Wildman–Crippen LogP) is 2.63. The maximum Gasteiger partial charge on any atom is 0.330 e. The number of methoxy groups -OCH3 is 2. The van der Waals surface area contributed by atoms with Crippen LogP contribution in [0.4, 0.5) is 5.69 Å². The highest BCUT2D eigenvalue weighted by atomic mass is 16.5. The molecule has 29 heavy (non-hydrogen) atoms. The summed E-state index contributed by atoms with van der Waals surface area (Å²) >= 11 is 0. The van der Waals surface area contributed by atoms with Gasteiger partial charge in [0.25, 0.3) is 5.91 Å². The van der Waals surface area contributed by atoms with Gasteiger partial charge in [0.2, 0.25) is 0 Å². The second kappa shape index (κ2) is 9.34.